The van der Waals surface area contributed by atoms with Crippen molar-refractivity contribution in [2.24, 2.45) is 5.41 Å². The van der Waals surface area contributed by atoms with Gasteiger partial charge in [0.15, 0.2) is 0 Å². The number of carbonyl (C=O) groups is 2. The highest BCUT2D eigenvalue weighted by molar-refractivity contribution is 5.89. The summed E-state index contributed by atoms with van der Waals surface area (Å²) in [6.45, 7) is 2.09. The maximum absolute atomic E-state index is 13.9. The lowest BCUT2D eigenvalue weighted by molar-refractivity contribution is -0.141. The highest BCUT2D eigenvalue weighted by Gasteiger charge is 2.50. The van der Waals surface area contributed by atoms with Gasteiger partial charge >= 0.3 is 0 Å². The quantitative estimate of drug-likeness (QED) is 0.756. The molecule has 0 radical (unpaired) electrons. The number of piperidine rings is 2. The van der Waals surface area contributed by atoms with Crippen LogP contribution in [0.4, 0.5) is 0 Å². The van der Waals surface area contributed by atoms with E-state index in [1.54, 1.807) is 7.11 Å². The summed E-state index contributed by atoms with van der Waals surface area (Å²) in [5.41, 5.74) is 1.90. The van der Waals surface area contributed by atoms with Gasteiger partial charge < -0.3 is 15.0 Å². The number of hydrogen-bond acceptors (Lipinski definition) is 3. The predicted molar refractivity (Wildman–Crippen MR) is 128 cm³/mol. The number of nitrogens with one attached hydrogen (secondary N) is 1. The van der Waals surface area contributed by atoms with E-state index in [2.05, 4.69) is 34.5 Å². The number of methoxy groups -OCH3 is 1. The van der Waals surface area contributed by atoms with Crippen LogP contribution in [0.3, 0.4) is 0 Å². The van der Waals surface area contributed by atoms with Gasteiger partial charge in [-0.15, -0.1) is 0 Å². The van der Waals surface area contributed by atoms with E-state index < -0.39 is 0 Å². The van der Waals surface area contributed by atoms with Gasteiger partial charge in [-0.05, 0) is 54.4 Å². The fraction of sp³-hybridized carbons (Fsp3) is 0.500. The molecule has 1 saturated carbocycles. The number of nitrogens with zero attached hydrogens (tertiary/aromatic N) is 1. The summed E-state index contributed by atoms with van der Waals surface area (Å²) in [4.78, 5) is 28.5. The van der Waals surface area contributed by atoms with Crippen LogP contribution in [0.2, 0.25) is 0 Å². The molecule has 5 rings (SSSR count). The molecule has 3 aliphatic rings. The molecule has 3 fully saturated rings. The van der Waals surface area contributed by atoms with E-state index in [4.69, 9.17) is 4.74 Å². The van der Waals surface area contributed by atoms with Crippen LogP contribution in [0.5, 0.6) is 5.75 Å². The van der Waals surface area contributed by atoms with Crippen LogP contribution in [0.15, 0.2) is 54.6 Å². The number of hydrogen-bond donors (Lipinski definition) is 1. The second-order valence-electron chi connectivity index (χ2n) is 10.1. The second kappa shape index (κ2) is 8.85. The van der Waals surface area contributed by atoms with E-state index in [1.807, 2.05) is 30.3 Å². The van der Waals surface area contributed by atoms with Gasteiger partial charge in [-0.25, -0.2) is 0 Å². The summed E-state index contributed by atoms with van der Waals surface area (Å²) in [6.07, 6.45) is 6.34. The minimum Gasteiger partial charge on any atom is -0.497 e. The van der Waals surface area contributed by atoms with Crippen LogP contribution in [-0.4, -0.2) is 43.5 Å². The number of benzene rings is 2. The molecule has 2 heterocycles. The van der Waals surface area contributed by atoms with Crippen molar-refractivity contribution in [1.82, 2.24) is 10.2 Å². The molecule has 0 unspecified atom stereocenters. The SMILES string of the molecule is COc1cccc([C@@H]2CNC(=O)CC23CCN(C(=O)C2(c4ccccc4)CCCC2)CC3)c1. The maximum atomic E-state index is 13.9. The van der Waals surface area contributed by atoms with E-state index in [1.165, 1.54) is 11.1 Å². The van der Waals surface area contributed by atoms with Crippen LogP contribution in [0.25, 0.3) is 0 Å². The molecule has 5 nitrogen and oxygen atoms in total. The van der Waals surface area contributed by atoms with Crippen molar-refractivity contribution in [3.63, 3.8) is 0 Å². The minimum absolute atomic E-state index is 0.110. The lowest BCUT2D eigenvalue weighted by Crippen LogP contribution is -2.55. The standard InChI is InChI=1S/C28H34N2O3/c1-33-23-11-7-8-21(18-23)24-20-29-25(31)19-27(24)14-16-30(17-15-27)26(32)28(12-5-6-13-28)22-9-3-2-4-10-22/h2-4,7-11,18,24H,5-6,12-17,19-20H2,1H3,(H,29,31)/t24-/m0/s1. The summed E-state index contributed by atoms with van der Waals surface area (Å²) >= 11 is 0. The van der Waals surface area contributed by atoms with Gasteiger partial charge in [-0.3, -0.25) is 9.59 Å². The highest BCUT2D eigenvalue weighted by atomic mass is 16.5. The zero-order chi connectivity index (χ0) is 22.9. The smallest absolute Gasteiger partial charge is 0.233 e. The van der Waals surface area contributed by atoms with E-state index >= 15 is 0 Å². The van der Waals surface area contributed by atoms with Crippen LogP contribution in [0, 0.1) is 5.41 Å². The molecule has 0 aromatic heterocycles. The number of rotatable bonds is 4. The van der Waals surface area contributed by atoms with Crippen molar-refractivity contribution in [1.29, 1.82) is 0 Å². The molecule has 0 bridgehead atoms. The maximum Gasteiger partial charge on any atom is 0.233 e. The van der Waals surface area contributed by atoms with Crippen molar-refractivity contribution in [3.05, 3.63) is 65.7 Å². The second-order valence-corrected chi connectivity index (χ2v) is 10.1. The Morgan fingerprint density at radius 3 is 2.42 bits per heavy atom. The number of likely N-dealkylation sites (tertiary alicyclic amines) is 1. The molecule has 1 N–H and O–H groups in total. The molecule has 2 aliphatic heterocycles. The van der Waals surface area contributed by atoms with Gasteiger partial charge in [0, 0.05) is 32.0 Å². The Hall–Kier alpha value is -2.82. The van der Waals surface area contributed by atoms with Crippen LogP contribution in [0.1, 0.15) is 62.0 Å². The first-order chi connectivity index (χ1) is 16.1. The van der Waals surface area contributed by atoms with E-state index in [0.717, 1.165) is 57.4 Å². The molecule has 174 valence electrons. The van der Waals surface area contributed by atoms with Crippen molar-refractivity contribution in [3.8, 4) is 5.75 Å². The Labute approximate surface area is 196 Å². The molecule has 5 heteroatoms. The average Bonchev–Trinajstić information content (AvgIpc) is 3.36. The molecule has 2 aromatic carbocycles. The van der Waals surface area contributed by atoms with Gasteiger partial charge in [-0.1, -0.05) is 55.3 Å². The molecular formula is C28H34N2O3. The molecular weight excluding hydrogens is 412 g/mol. The van der Waals surface area contributed by atoms with Gasteiger partial charge in [0.25, 0.3) is 0 Å². The topological polar surface area (TPSA) is 58.6 Å². The lowest BCUT2D eigenvalue weighted by atomic mass is 9.62. The molecule has 33 heavy (non-hydrogen) atoms. The van der Waals surface area contributed by atoms with Crippen molar-refractivity contribution >= 4 is 11.8 Å². The highest BCUT2D eigenvalue weighted by Crippen LogP contribution is 2.50. The van der Waals surface area contributed by atoms with Gasteiger partial charge in [-0.2, -0.15) is 0 Å². The van der Waals surface area contributed by atoms with Crippen molar-refractivity contribution in [2.45, 2.75) is 56.3 Å². The van der Waals surface area contributed by atoms with Crippen molar-refractivity contribution < 1.29 is 14.3 Å². The fourth-order valence-corrected chi connectivity index (χ4v) is 6.61. The fourth-order valence-electron chi connectivity index (χ4n) is 6.61. The van der Waals surface area contributed by atoms with Crippen LogP contribution >= 0.6 is 0 Å². The van der Waals surface area contributed by atoms with E-state index in [9.17, 15) is 9.59 Å². The number of amides is 2. The minimum atomic E-state index is -0.373. The first-order valence-corrected chi connectivity index (χ1v) is 12.3. The Balaban J connectivity index is 1.38. The largest absolute Gasteiger partial charge is 0.497 e. The van der Waals surface area contributed by atoms with E-state index in [-0.39, 0.29) is 22.7 Å². The first kappa shape index (κ1) is 22.0. The summed E-state index contributed by atoms with van der Waals surface area (Å²) in [6, 6.07) is 18.6. The van der Waals surface area contributed by atoms with Gasteiger partial charge in [0.2, 0.25) is 11.8 Å². The third kappa shape index (κ3) is 3.92. The van der Waals surface area contributed by atoms with Crippen LogP contribution < -0.4 is 10.1 Å². The van der Waals surface area contributed by atoms with Gasteiger partial charge in [0.05, 0.1) is 12.5 Å². The summed E-state index contributed by atoms with van der Waals surface area (Å²) in [7, 11) is 1.69. The zero-order valence-corrected chi connectivity index (χ0v) is 19.5. The lowest BCUT2D eigenvalue weighted by Gasteiger charge is -2.50. The Kier molecular flexibility index (Phi) is 5.90. The Morgan fingerprint density at radius 2 is 1.73 bits per heavy atom. The summed E-state index contributed by atoms with van der Waals surface area (Å²) in [5, 5.41) is 3.09. The molecule has 2 amide bonds. The first-order valence-electron chi connectivity index (χ1n) is 12.3. The van der Waals surface area contributed by atoms with E-state index in [0.29, 0.717) is 18.9 Å². The third-order valence-corrected chi connectivity index (χ3v) is 8.49. The zero-order valence-electron chi connectivity index (χ0n) is 19.5. The molecule has 1 atom stereocenters. The predicted octanol–water partition coefficient (Wildman–Crippen LogP) is 4.42. The Bertz CT molecular complexity index is 1000. The van der Waals surface area contributed by atoms with Crippen LogP contribution in [-0.2, 0) is 15.0 Å². The normalized spacial score (nSPS) is 23.8. The van der Waals surface area contributed by atoms with Crippen molar-refractivity contribution in [2.75, 3.05) is 26.7 Å². The average molecular weight is 447 g/mol. The molecule has 2 saturated heterocycles. The third-order valence-electron chi connectivity index (χ3n) is 8.49. The summed E-state index contributed by atoms with van der Waals surface area (Å²) in [5.74, 6) is 1.50. The number of ether oxygens (including phenoxy) is 1. The number of carbonyl (C=O) groups excluding carboxylic acids is 2. The summed E-state index contributed by atoms with van der Waals surface area (Å²) < 4.78 is 5.46. The monoisotopic (exact) mass is 446 g/mol. The molecule has 1 aliphatic carbocycles. The molecule has 2 aromatic rings. The molecule has 1 spiro atoms. The Morgan fingerprint density at radius 1 is 1.00 bits per heavy atom. The van der Waals surface area contributed by atoms with Gasteiger partial charge in [0.1, 0.15) is 5.75 Å².